The van der Waals surface area contributed by atoms with Crippen molar-refractivity contribution in [3.8, 4) is 5.75 Å². The number of thiazole rings is 1. The lowest BCUT2D eigenvalue weighted by Gasteiger charge is -2.06. The highest BCUT2D eigenvalue weighted by Crippen LogP contribution is 2.31. The zero-order valence-corrected chi connectivity index (χ0v) is 10.8. The predicted octanol–water partition coefficient (Wildman–Crippen LogP) is 3.48. The molecule has 0 radical (unpaired) electrons. The van der Waals surface area contributed by atoms with Crippen molar-refractivity contribution >= 4 is 22.7 Å². The first-order valence-corrected chi connectivity index (χ1v) is 6.95. The van der Waals surface area contributed by atoms with Crippen molar-refractivity contribution in [2.45, 2.75) is 25.7 Å². The Bertz CT molecular complexity index is 566. The molecule has 92 valence electrons. The molecule has 2 aromatic rings. The highest BCUT2D eigenvalue weighted by atomic mass is 32.1. The first-order chi connectivity index (χ1) is 8.83. The second kappa shape index (κ2) is 4.90. The van der Waals surface area contributed by atoms with Crippen LogP contribution in [0.15, 0.2) is 29.3 Å². The van der Waals surface area contributed by atoms with E-state index in [0.717, 1.165) is 23.5 Å². The third-order valence-electron chi connectivity index (χ3n) is 3.09. The Kier molecular flexibility index (Phi) is 3.11. The number of rotatable bonds is 2. The molecule has 1 N–H and O–H groups in total. The van der Waals surface area contributed by atoms with Crippen LogP contribution in [0, 0.1) is 0 Å². The Balaban J connectivity index is 1.84. The van der Waals surface area contributed by atoms with E-state index in [1.165, 1.54) is 23.4 Å². The zero-order chi connectivity index (χ0) is 12.4. The topological polar surface area (TPSA) is 45.5 Å². The van der Waals surface area contributed by atoms with Gasteiger partial charge in [0.2, 0.25) is 5.13 Å². The molecule has 0 atom stereocenters. The van der Waals surface area contributed by atoms with Gasteiger partial charge in [0.05, 0.1) is 5.69 Å². The van der Waals surface area contributed by atoms with Crippen LogP contribution in [-0.4, -0.2) is 16.3 Å². The molecule has 0 bridgehead atoms. The summed E-state index contributed by atoms with van der Waals surface area (Å²) >= 11 is 1.67. The van der Waals surface area contributed by atoms with Gasteiger partial charge in [0, 0.05) is 16.7 Å². The number of hydrogen-bond acceptors (Lipinski definition) is 4. The molecule has 0 spiro atoms. The number of aromatic nitrogens is 1. The number of phenolic OH excluding ortho intramolecular Hbond substituents is 1. The van der Waals surface area contributed by atoms with E-state index in [4.69, 9.17) is 0 Å². The molecule has 1 aliphatic rings. The third-order valence-corrected chi connectivity index (χ3v) is 4.15. The van der Waals surface area contributed by atoms with Gasteiger partial charge < -0.3 is 5.11 Å². The van der Waals surface area contributed by atoms with Gasteiger partial charge in [0.25, 0.3) is 0 Å². The summed E-state index contributed by atoms with van der Waals surface area (Å²) in [6.07, 6.45) is 6.40. The molecular formula is C14H14N2OS. The molecule has 0 fully saturated rings. The molecule has 4 heteroatoms. The Morgan fingerprint density at radius 3 is 2.89 bits per heavy atom. The first kappa shape index (κ1) is 11.4. The van der Waals surface area contributed by atoms with Crippen molar-refractivity contribution in [3.05, 3.63) is 40.4 Å². The molecule has 1 aromatic heterocycles. The normalized spacial score (nSPS) is 14.9. The molecule has 1 aromatic carbocycles. The highest BCUT2D eigenvalue weighted by Gasteiger charge is 2.14. The van der Waals surface area contributed by atoms with Crippen LogP contribution in [0.3, 0.4) is 0 Å². The van der Waals surface area contributed by atoms with E-state index in [0.29, 0.717) is 0 Å². The number of aryl methyl sites for hydroxylation is 2. The quantitative estimate of drug-likeness (QED) is 0.838. The van der Waals surface area contributed by atoms with Crippen molar-refractivity contribution in [1.82, 2.24) is 4.98 Å². The minimum absolute atomic E-state index is 0.252. The number of fused-ring (bicyclic) bond motifs is 1. The van der Waals surface area contributed by atoms with E-state index in [2.05, 4.69) is 9.98 Å². The minimum atomic E-state index is 0.252. The summed E-state index contributed by atoms with van der Waals surface area (Å²) < 4.78 is 0. The van der Waals surface area contributed by atoms with E-state index in [-0.39, 0.29) is 5.75 Å². The van der Waals surface area contributed by atoms with Gasteiger partial charge in [-0.05, 0) is 37.8 Å². The van der Waals surface area contributed by atoms with Gasteiger partial charge in [-0.15, -0.1) is 0 Å². The van der Waals surface area contributed by atoms with E-state index >= 15 is 0 Å². The van der Waals surface area contributed by atoms with Crippen molar-refractivity contribution in [3.63, 3.8) is 0 Å². The third kappa shape index (κ3) is 2.29. The average molecular weight is 258 g/mol. The molecule has 3 rings (SSSR count). The summed E-state index contributed by atoms with van der Waals surface area (Å²) in [5, 5.41) is 10.4. The number of benzene rings is 1. The highest BCUT2D eigenvalue weighted by molar-refractivity contribution is 7.15. The van der Waals surface area contributed by atoms with Crippen LogP contribution >= 0.6 is 11.3 Å². The van der Waals surface area contributed by atoms with Crippen LogP contribution < -0.4 is 0 Å². The molecule has 3 nitrogen and oxygen atoms in total. The SMILES string of the molecule is Oc1ccccc1/C=N/c1nc2c(s1)CCCC2. The smallest absolute Gasteiger partial charge is 0.209 e. The number of nitrogens with zero attached hydrogens (tertiary/aromatic N) is 2. The maximum Gasteiger partial charge on any atom is 0.209 e. The molecule has 1 aliphatic carbocycles. The molecule has 0 amide bonds. The van der Waals surface area contributed by atoms with E-state index in [1.54, 1.807) is 29.7 Å². The van der Waals surface area contributed by atoms with Crippen molar-refractivity contribution in [1.29, 1.82) is 0 Å². The summed E-state index contributed by atoms with van der Waals surface area (Å²) in [7, 11) is 0. The number of phenols is 1. The van der Waals surface area contributed by atoms with Gasteiger partial charge in [-0.1, -0.05) is 23.5 Å². The summed E-state index contributed by atoms with van der Waals surface area (Å²) in [6, 6.07) is 7.18. The second-order valence-corrected chi connectivity index (χ2v) is 5.45. The summed E-state index contributed by atoms with van der Waals surface area (Å²) in [5.41, 5.74) is 1.95. The lowest BCUT2D eigenvalue weighted by molar-refractivity contribution is 0.474. The Labute approximate surface area is 110 Å². The lowest BCUT2D eigenvalue weighted by Crippen LogP contribution is -1.98. The van der Waals surface area contributed by atoms with Crippen LogP contribution in [0.25, 0.3) is 0 Å². The molecule has 0 saturated carbocycles. The van der Waals surface area contributed by atoms with Crippen LogP contribution in [0.4, 0.5) is 5.13 Å². The van der Waals surface area contributed by atoms with Crippen molar-refractivity contribution in [2.75, 3.05) is 0 Å². The standard InChI is InChI=1S/C14H14N2OS/c17-12-7-3-1-5-10(12)9-15-14-16-11-6-2-4-8-13(11)18-14/h1,3,5,7,9,17H,2,4,6,8H2/b15-9+. The number of para-hydroxylation sites is 1. The summed E-state index contributed by atoms with van der Waals surface area (Å²) in [4.78, 5) is 10.3. The van der Waals surface area contributed by atoms with Gasteiger partial charge in [-0.2, -0.15) is 0 Å². The Morgan fingerprint density at radius 1 is 1.22 bits per heavy atom. The van der Waals surface area contributed by atoms with Crippen molar-refractivity contribution < 1.29 is 5.11 Å². The Morgan fingerprint density at radius 2 is 2.06 bits per heavy atom. The number of aliphatic imine (C=N–C) groups is 1. The maximum atomic E-state index is 9.64. The predicted molar refractivity (Wildman–Crippen MR) is 74.1 cm³/mol. The van der Waals surface area contributed by atoms with E-state index in [1.807, 2.05) is 12.1 Å². The van der Waals surface area contributed by atoms with Crippen molar-refractivity contribution in [2.24, 2.45) is 4.99 Å². The fraction of sp³-hybridized carbons (Fsp3) is 0.286. The summed E-state index contributed by atoms with van der Waals surface area (Å²) in [6.45, 7) is 0. The van der Waals surface area contributed by atoms with E-state index < -0.39 is 0 Å². The monoisotopic (exact) mass is 258 g/mol. The second-order valence-electron chi connectivity index (χ2n) is 4.39. The van der Waals surface area contributed by atoms with Gasteiger partial charge >= 0.3 is 0 Å². The lowest BCUT2D eigenvalue weighted by atomic mass is 10.0. The zero-order valence-electron chi connectivity index (χ0n) is 9.97. The van der Waals surface area contributed by atoms with Crippen LogP contribution in [0.1, 0.15) is 29.0 Å². The first-order valence-electron chi connectivity index (χ1n) is 6.13. The number of hydrogen-bond donors (Lipinski definition) is 1. The van der Waals surface area contributed by atoms with Gasteiger partial charge in [-0.3, -0.25) is 0 Å². The molecular weight excluding hydrogens is 244 g/mol. The van der Waals surface area contributed by atoms with Gasteiger partial charge in [0.15, 0.2) is 0 Å². The molecule has 18 heavy (non-hydrogen) atoms. The minimum Gasteiger partial charge on any atom is -0.507 e. The molecule has 0 unspecified atom stereocenters. The number of aromatic hydroxyl groups is 1. The largest absolute Gasteiger partial charge is 0.507 e. The average Bonchev–Trinajstić information content (AvgIpc) is 2.80. The van der Waals surface area contributed by atoms with Crippen LogP contribution in [0.2, 0.25) is 0 Å². The van der Waals surface area contributed by atoms with Gasteiger partial charge in [-0.25, -0.2) is 9.98 Å². The van der Waals surface area contributed by atoms with Crippen LogP contribution in [-0.2, 0) is 12.8 Å². The van der Waals surface area contributed by atoms with Crippen LogP contribution in [0.5, 0.6) is 5.75 Å². The fourth-order valence-electron chi connectivity index (χ4n) is 2.12. The Hall–Kier alpha value is -1.68. The molecule has 1 heterocycles. The van der Waals surface area contributed by atoms with E-state index in [9.17, 15) is 5.11 Å². The molecule has 0 aliphatic heterocycles. The summed E-state index contributed by atoms with van der Waals surface area (Å²) in [5.74, 6) is 0.252. The van der Waals surface area contributed by atoms with Gasteiger partial charge in [0.1, 0.15) is 5.75 Å². The maximum absolute atomic E-state index is 9.64. The molecule has 0 saturated heterocycles. The fourth-order valence-corrected chi connectivity index (χ4v) is 3.11.